The Hall–Kier alpha value is -2.21. The van der Waals surface area contributed by atoms with E-state index in [1.165, 1.54) is 30.6 Å². The third-order valence-corrected chi connectivity index (χ3v) is 4.23. The molecule has 0 bridgehead atoms. The first-order valence-corrected chi connectivity index (χ1v) is 7.89. The van der Waals surface area contributed by atoms with Gasteiger partial charge in [-0.25, -0.2) is 4.39 Å². The second-order valence-electron chi connectivity index (χ2n) is 4.96. The van der Waals surface area contributed by atoms with Gasteiger partial charge in [0.1, 0.15) is 6.61 Å². The third kappa shape index (κ3) is 4.89. The minimum absolute atomic E-state index is 0.00835. The number of methoxy groups -OCH3 is 1. The van der Waals surface area contributed by atoms with E-state index >= 15 is 0 Å². The van der Waals surface area contributed by atoms with E-state index in [1.54, 1.807) is 12.1 Å². The summed E-state index contributed by atoms with van der Waals surface area (Å²) in [4.78, 5) is 25.3. The second-order valence-corrected chi connectivity index (χ2v) is 6.25. The Morgan fingerprint density at radius 1 is 1.17 bits per heavy atom. The van der Waals surface area contributed by atoms with Crippen LogP contribution in [-0.4, -0.2) is 18.9 Å². The van der Waals surface area contributed by atoms with Gasteiger partial charge < -0.3 is 9.47 Å². The van der Waals surface area contributed by atoms with Gasteiger partial charge in [-0.05, 0) is 36.8 Å². The number of ether oxygens (including phenoxy) is 2. The molecular formula is C17H17FO4S. The van der Waals surface area contributed by atoms with Crippen LogP contribution in [0.1, 0.15) is 33.0 Å². The van der Waals surface area contributed by atoms with Gasteiger partial charge in [-0.2, -0.15) is 0 Å². The highest BCUT2D eigenvalue weighted by Crippen LogP contribution is 2.19. The average molecular weight is 336 g/mol. The Balaban J connectivity index is 1.79. The molecule has 0 aliphatic carbocycles. The van der Waals surface area contributed by atoms with E-state index in [0.717, 1.165) is 4.88 Å². The number of Topliss-reactive ketones (excluding diaryl/α,β-unsaturated/α-hetero) is 1. The molecule has 0 aliphatic rings. The number of benzene rings is 1. The summed E-state index contributed by atoms with van der Waals surface area (Å²) in [5.74, 6) is -0.931. The smallest absolute Gasteiger partial charge is 0.306 e. The van der Waals surface area contributed by atoms with Crippen molar-refractivity contribution in [1.82, 2.24) is 0 Å². The molecule has 6 heteroatoms. The summed E-state index contributed by atoms with van der Waals surface area (Å²) in [6.07, 6.45) is 0.115. The Labute approximate surface area is 137 Å². The van der Waals surface area contributed by atoms with Crippen LogP contribution in [0.3, 0.4) is 0 Å². The molecule has 1 aromatic heterocycles. The number of halogens is 1. The van der Waals surface area contributed by atoms with E-state index in [1.807, 2.05) is 13.0 Å². The first-order chi connectivity index (χ1) is 11.0. The number of hydrogen-bond donors (Lipinski definition) is 0. The normalized spacial score (nSPS) is 10.4. The summed E-state index contributed by atoms with van der Waals surface area (Å²) in [5.41, 5.74) is 0.525. The number of esters is 1. The van der Waals surface area contributed by atoms with Gasteiger partial charge in [-0.15, -0.1) is 11.3 Å². The summed E-state index contributed by atoms with van der Waals surface area (Å²) >= 11 is 1.41. The van der Waals surface area contributed by atoms with Gasteiger partial charge >= 0.3 is 5.97 Å². The molecule has 0 atom stereocenters. The number of carbonyl (C=O) groups is 2. The van der Waals surface area contributed by atoms with E-state index in [-0.39, 0.29) is 31.0 Å². The van der Waals surface area contributed by atoms with Gasteiger partial charge in [0.05, 0.1) is 18.4 Å². The highest BCUT2D eigenvalue weighted by molar-refractivity contribution is 7.14. The van der Waals surface area contributed by atoms with Gasteiger partial charge in [0, 0.05) is 11.3 Å². The first kappa shape index (κ1) is 17.1. The Morgan fingerprint density at radius 2 is 1.96 bits per heavy atom. The SMILES string of the molecule is COc1ccc(COC(=O)CCC(=O)c2ccc(C)s2)cc1F. The van der Waals surface area contributed by atoms with Crippen LogP contribution in [0.25, 0.3) is 0 Å². The van der Waals surface area contributed by atoms with E-state index in [2.05, 4.69) is 0 Å². The third-order valence-electron chi connectivity index (χ3n) is 3.19. The maximum Gasteiger partial charge on any atom is 0.306 e. The predicted molar refractivity (Wildman–Crippen MR) is 85.4 cm³/mol. The van der Waals surface area contributed by atoms with Crippen LogP contribution in [0, 0.1) is 12.7 Å². The van der Waals surface area contributed by atoms with Crippen molar-refractivity contribution in [2.45, 2.75) is 26.4 Å². The van der Waals surface area contributed by atoms with Crippen molar-refractivity contribution in [3.05, 3.63) is 51.5 Å². The van der Waals surface area contributed by atoms with Gasteiger partial charge in [0.2, 0.25) is 0 Å². The quantitative estimate of drug-likeness (QED) is 0.568. The van der Waals surface area contributed by atoms with Crippen molar-refractivity contribution < 1.29 is 23.5 Å². The van der Waals surface area contributed by atoms with Gasteiger partial charge in [-0.1, -0.05) is 6.07 Å². The average Bonchev–Trinajstić information content (AvgIpc) is 2.97. The zero-order chi connectivity index (χ0) is 16.8. The minimum atomic E-state index is -0.510. The molecule has 4 nitrogen and oxygen atoms in total. The molecule has 1 aromatic carbocycles. The lowest BCUT2D eigenvalue weighted by Gasteiger charge is -2.06. The Bertz CT molecular complexity index is 708. The number of thiophene rings is 1. The summed E-state index contributed by atoms with van der Waals surface area (Å²) in [6, 6.07) is 7.98. The maximum atomic E-state index is 13.5. The lowest BCUT2D eigenvalue weighted by molar-refractivity contribution is -0.144. The van der Waals surface area contributed by atoms with Crippen LogP contribution in [0.5, 0.6) is 5.75 Å². The first-order valence-electron chi connectivity index (χ1n) is 7.07. The van der Waals surface area contributed by atoms with Gasteiger partial charge in [-0.3, -0.25) is 9.59 Å². The minimum Gasteiger partial charge on any atom is -0.494 e. The highest BCUT2D eigenvalue weighted by Gasteiger charge is 2.12. The van der Waals surface area contributed by atoms with E-state index < -0.39 is 11.8 Å². The Morgan fingerprint density at radius 3 is 2.57 bits per heavy atom. The van der Waals surface area contributed by atoms with E-state index in [9.17, 15) is 14.0 Å². The molecule has 2 aromatic rings. The lowest BCUT2D eigenvalue weighted by Crippen LogP contribution is -2.07. The predicted octanol–water partition coefficient (Wildman–Crippen LogP) is 3.91. The molecule has 23 heavy (non-hydrogen) atoms. The van der Waals surface area contributed by atoms with Crippen LogP contribution >= 0.6 is 11.3 Å². The van der Waals surface area contributed by atoms with Crippen molar-refractivity contribution in [2.24, 2.45) is 0 Å². The molecule has 0 spiro atoms. The van der Waals surface area contributed by atoms with Crippen molar-refractivity contribution in [3.8, 4) is 5.75 Å². The molecule has 122 valence electrons. The summed E-state index contributed by atoms with van der Waals surface area (Å²) < 4.78 is 23.4. The molecule has 0 aliphatic heterocycles. The molecule has 0 saturated heterocycles. The fourth-order valence-electron chi connectivity index (χ4n) is 1.96. The summed E-state index contributed by atoms with van der Waals surface area (Å²) in [7, 11) is 1.38. The second kappa shape index (κ2) is 7.87. The monoisotopic (exact) mass is 336 g/mol. The summed E-state index contributed by atoms with van der Waals surface area (Å²) in [6.45, 7) is 1.88. The Kier molecular flexibility index (Phi) is 5.87. The molecule has 2 rings (SSSR count). The zero-order valence-corrected chi connectivity index (χ0v) is 13.7. The van der Waals surface area contributed by atoms with E-state index in [0.29, 0.717) is 10.4 Å². The number of carbonyl (C=O) groups excluding carboxylic acids is 2. The number of rotatable bonds is 7. The van der Waals surface area contributed by atoms with Crippen LogP contribution < -0.4 is 4.74 Å². The van der Waals surface area contributed by atoms with Crippen LogP contribution in [0.15, 0.2) is 30.3 Å². The fraction of sp³-hybridized carbons (Fsp3) is 0.294. The number of ketones is 1. The number of aryl methyl sites for hydroxylation is 1. The summed E-state index contributed by atoms with van der Waals surface area (Å²) in [5, 5.41) is 0. The van der Waals surface area contributed by atoms with Crippen LogP contribution in [-0.2, 0) is 16.1 Å². The van der Waals surface area contributed by atoms with Crippen molar-refractivity contribution in [2.75, 3.05) is 7.11 Å². The highest BCUT2D eigenvalue weighted by atomic mass is 32.1. The molecule has 0 saturated carbocycles. The largest absolute Gasteiger partial charge is 0.494 e. The zero-order valence-electron chi connectivity index (χ0n) is 12.9. The molecular weight excluding hydrogens is 319 g/mol. The molecule has 0 N–H and O–H groups in total. The fourth-order valence-corrected chi connectivity index (χ4v) is 2.79. The standard InChI is InChI=1S/C17H17FO4S/c1-11-3-7-16(23-11)14(19)5-8-17(20)22-10-12-4-6-15(21-2)13(18)9-12/h3-4,6-7,9H,5,8,10H2,1-2H3. The maximum absolute atomic E-state index is 13.5. The molecule has 0 fully saturated rings. The molecule has 1 heterocycles. The van der Waals surface area contributed by atoms with Crippen LogP contribution in [0.2, 0.25) is 0 Å². The van der Waals surface area contributed by atoms with E-state index in [4.69, 9.17) is 9.47 Å². The van der Waals surface area contributed by atoms with Gasteiger partial charge in [0.25, 0.3) is 0 Å². The molecule has 0 unspecified atom stereocenters. The van der Waals surface area contributed by atoms with Crippen molar-refractivity contribution in [3.63, 3.8) is 0 Å². The topological polar surface area (TPSA) is 52.6 Å². The molecule has 0 amide bonds. The molecule has 0 radical (unpaired) electrons. The van der Waals surface area contributed by atoms with Gasteiger partial charge in [0.15, 0.2) is 17.3 Å². The van der Waals surface area contributed by atoms with Crippen molar-refractivity contribution >= 4 is 23.1 Å². The lowest BCUT2D eigenvalue weighted by atomic mass is 10.2. The van der Waals surface area contributed by atoms with Crippen molar-refractivity contribution in [1.29, 1.82) is 0 Å². The van der Waals surface area contributed by atoms with Crippen LogP contribution in [0.4, 0.5) is 4.39 Å². The number of hydrogen-bond acceptors (Lipinski definition) is 5.